The fourth-order valence-corrected chi connectivity index (χ4v) is 4.40. The molecule has 0 aliphatic carbocycles. The van der Waals surface area contributed by atoms with E-state index in [1.54, 1.807) is 11.8 Å². The lowest BCUT2D eigenvalue weighted by atomic mass is 10.1. The fourth-order valence-electron chi connectivity index (χ4n) is 2.45. The SMILES string of the molecule is CSc1sc(-c2ccccc2)c(-c2ccc(C)cc2)[n+]1C. The number of nitrogens with zero attached hydrogens (tertiary/aromatic N) is 1. The molecule has 0 atom stereocenters. The first-order chi connectivity index (χ1) is 10.2. The van der Waals surface area contributed by atoms with Crippen molar-refractivity contribution in [2.45, 2.75) is 11.3 Å². The van der Waals surface area contributed by atoms with Gasteiger partial charge in [0, 0.05) is 5.56 Å². The van der Waals surface area contributed by atoms with Crippen LogP contribution in [0.5, 0.6) is 0 Å². The van der Waals surface area contributed by atoms with E-state index < -0.39 is 0 Å². The molecule has 1 aromatic heterocycles. The zero-order chi connectivity index (χ0) is 14.8. The van der Waals surface area contributed by atoms with E-state index in [0.717, 1.165) is 0 Å². The molecule has 0 fully saturated rings. The zero-order valence-electron chi connectivity index (χ0n) is 12.5. The van der Waals surface area contributed by atoms with E-state index in [-0.39, 0.29) is 0 Å². The Kier molecular flexibility index (Phi) is 4.13. The van der Waals surface area contributed by atoms with Crippen LogP contribution >= 0.6 is 23.1 Å². The number of aromatic nitrogens is 1. The van der Waals surface area contributed by atoms with E-state index in [0.29, 0.717) is 0 Å². The van der Waals surface area contributed by atoms with Crippen LogP contribution in [0.25, 0.3) is 21.7 Å². The molecule has 0 spiro atoms. The fraction of sp³-hybridized carbons (Fsp3) is 0.167. The number of benzene rings is 2. The predicted octanol–water partition coefficient (Wildman–Crippen LogP) is 4.94. The molecule has 2 aromatic carbocycles. The van der Waals surface area contributed by atoms with Crippen LogP contribution in [0.15, 0.2) is 58.9 Å². The van der Waals surface area contributed by atoms with Gasteiger partial charge in [-0.05, 0) is 42.6 Å². The second-order valence-electron chi connectivity index (χ2n) is 5.04. The molecule has 0 amide bonds. The van der Waals surface area contributed by atoms with Gasteiger partial charge in [-0.25, -0.2) is 0 Å². The minimum Gasteiger partial charge on any atom is -0.179 e. The van der Waals surface area contributed by atoms with Crippen molar-refractivity contribution < 1.29 is 4.57 Å². The summed E-state index contributed by atoms with van der Waals surface area (Å²) in [7, 11) is 2.16. The van der Waals surface area contributed by atoms with Gasteiger partial charge >= 0.3 is 0 Å². The summed E-state index contributed by atoms with van der Waals surface area (Å²) in [5.41, 5.74) is 5.16. The lowest BCUT2D eigenvalue weighted by Gasteiger charge is -2.01. The molecule has 0 aliphatic heterocycles. The summed E-state index contributed by atoms with van der Waals surface area (Å²) < 4.78 is 3.63. The third-order valence-electron chi connectivity index (χ3n) is 3.55. The van der Waals surface area contributed by atoms with Crippen LogP contribution in [0.2, 0.25) is 0 Å². The highest BCUT2D eigenvalue weighted by atomic mass is 32.2. The van der Waals surface area contributed by atoms with Crippen molar-refractivity contribution in [1.29, 1.82) is 0 Å². The van der Waals surface area contributed by atoms with Gasteiger partial charge in [0.05, 0.1) is 0 Å². The Morgan fingerprint density at radius 3 is 2.19 bits per heavy atom. The molecule has 0 unspecified atom stereocenters. The lowest BCUT2D eigenvalue weighted by Crippen LogP contribution is -2.30. The Morgan fingerprint density at radius 2 is 1.57 bits per heavy atom. The van der Waals surface area contributed by atoms with E-state index in [9.17, 15) is 0 Å². The normalized spacial score (nSPS) is 10.8. The van der Waals surface area contributed by atoms with Gasteiger partial charge in [-0.2, -0.15) is 4.57 Å². The predicted molar refractivity (Wildman–Crippen MR) is 92.9 cm³/mol. The third kappa shape index (κ3) is 2.76. The van der Waals surface area contributed by atoms with Gasteiger partial charge in [-0.15, -0.1) is 0 Å². The standard InChI is InChI=1S/C18H18NS2/c1-13-9-11-14(12-10-13)16-17(15-7-5-4-6-8-15)21-18(20-3)19(16)2/h4-12H,1-3H3/q+1. The van der Waals surface area contributed by atoms with Crippen molar-refractivity contribution in [2.75, 3.05) is 6.26 Å². The molecule has 106 valence electrons. The van der Waals surface area contributed by atoms with Gasteiger partial charge in [0.2, 0.25) is 5.69 Å². The summed E-state index contributed by atoms with van der Waals surface area (Å²) in [5, 5.41) is 0. The summed E-state index contributed by atoms with van der Waals surface area (Å²) in [6.07, 6.45) is 2.14. The molecule has 0 saturated carbocycles. The molecular formula is C18H18NS2+. The van der Waals surface area contributed by atoms with Crippen molar-refractivity contribution in [3.05, 3.63) is 60.2 Å². The quantitative estimate of drug-likeness (QED) is 0.489. The van der Waals surface area contributed by atoms with E-state index in [4.69, 9.17) is 0 Å². The summed E-state index contributed by atoms with van der Waals surface area (Å²) in [6.45, 7) is 2.13. The molecule has 0 saturated heterocycles. The Hall–Kier alpha value is -1.58. The maximum Gasteiger partial charge on any atom is 0.297 e. The summed E-state index contributed by atoms with van der Waals surface area (Å²) >= 11 is 3.67. The summed E-state index contributed by atoms with van der Waals surface area (Å²) in [6, 6.07) is 19.4. The smallest absolute Gasteiger partial charge is 0.179 e. The first-order valence-corrected chi connectivity index (χ1v) is 8.94. The highest BCUT2D eigenvalue weighted by molar-refractivity contribution is 8.00. The molecule has 1 heterocycles. The van der Waals surface area contributed by atoms with Crippen molar-refractivity contribution >= 4 is 23.1 Å². The van der Waals surface area contributed by atoms with Crippen LogP contribution in [0, 0.1) is 6.92 Å². The average Bonchev–Trinajstić information content (AvgIpc) is 2.86. The lowest BCUT2D eigenvalue weighted by molar-refractivity contribution is -0.691. The molecule has 1 nitrogen and oxygen atoms in total. The second-order valence-corrected chi connectivity index (χ2v) is 7.09. The summed E-state index contributed by atoms with van der Waals surface area (Å²) in [4.78, 5) is 1.34. The molecule has 0 radical (unpaired) electrons. The van der Waals surface area contributed by atoms with Crippen molar-refractivity contribution in [1.82, 2.24) is 0 Å². The first kappa shape index (κ1) is 14.4. The highest BCUT2D eigenvalue weighted by Crippen LogP contribution is 2.37. The van der Waals surface area contributed by atoms with E-state index >= 15 is 0 Å². The largest absolute Gasteiger partial charge is 0.297 e. The second kappa shape index (κ2) is 6.04. The van der Waals surface area contributed by atoms with Gasteiger partial charge < -0.3 is 0 Å². The molecular weight excluding hydrogens is 294 g/mol. The van der Waals surface area contributed by atoms with Gasteiger partial charge in [0.1, 0.15) is 11.9 Å². The molecule has 21 heavy (non-hydrogen) atoms. The van der Waals surface area contributed by atoms with Gasteiger partial charge in [0.25, 0.3) is 4.34 Å². The Labute approximate surface area is 134 Å². The van der Waals surface area contributed by atoms with Crippen LogP contribution in [-0.2, 0) is 7.05 Å². The van der Waals surface area contributed by atoms with E-state index in [2.05, 4.69) is 79.4 Å². The van der Waals surface area contributed by atoms with E-state index in [1.165, 1.54) is 31.6 Å². The molecule has 3 heteroatoms. The van der Waals surface area contributed by atoms with Crippen LogP contribution < -0.4 is 4.57 Å². The minimum atomic E-state index is 1.28. The molecule has 3 aromatic rings. The molecule has 0 bridgehead atoms. The maximum absolute atomic E-state index is 2.31. The van der Waals surface area contributed by atoms with E-state index in [1.807, 2.05) is 11.3 Å². The van der Waals surface area contributed by atoms with Gasteiger partial charge in [0.15, 0.2) is 0 Å². The molecule has 3 rings (SSSR count). The van der Waals surface area contributed by atoms with Crippen LogP contribution in [0.4, 0.5) is 0 Å². The minimum absolute atomic E-state index is 1.28. The number of thiazole rings is 1. The number of hydrogen-bond acceptors (Lipinski definition) is 2. The Bertz CT molecular complexity index is 743. The number of thioether (sulfide) groups is 1. The number of rotatable bonds is 3. The monoisotopic (exact) mass is 312 g/mol. The van der Waals surface area contributed by atoms with Crippen molar-refractivity contribution in [2.24, 2.45) is 7.05 Å². The average molecular weight is 312 g/mol. The van der Waals surface area contributed by atoms with Crippen LogP contribution in [0.3, 0.4) is 0 Å². The van der Waals surface area contributed by atoms with Crippen LogP contribution in [-0.4, -0.2) is 6.26 Å². The van der Waals surface area contributed by atoms with Crippen LogP contribution in [0.1, 0.15) is 5.56 Å². The first-order valence-electron chi connectivity index (χ1n) is 6.90. The highest BCUT2D eigenvalue weighted by Gasteiger charge is 2.25. The molecule has 0 N–H and O–H groups in total. The zero-order valence-corrected chi connectivity index (χ0v) is 14.1. The third-order valence-corrected chi connectivity index (χ3v) is 6.00. The van der Waals surface area contributed by atoms with Crippen molar-refractivity contribution in [3.8, 4) is 21.7 Å². The Morgan fingerprint density at radius 1 is 0.905 bits per heavy atom. The van der Waals surface area contributed by atoms with Crippen molar-refractivity contribution in [3.63, 3.8) is 0 Å². The molecule has 0 aliphatic rings. The topological polar surface area (TPSA) is 3.88 Å². The number of aryl methyl sites for hydroxylation is 1. The maximum atomic E-state index is 2.31. The van der Waals surface area contributed by atoms with Gasteiger partial charge in [-0.1, -0.05) is 59.4 Å². The van der Waals surface area contributed by atoms with Gasteiger partial charge in [-0.3, -0.25) is 0 Å². The summed E-state index contributed by atoms with van der Waals surface area (Å²) in [5.74, 6) is 0. The number of hydrogen-bond donors (Lipinski definition) is 0. The Balaban J connectivity index is 2.23.